The summed E-state index contributed by atoms with van der Waals surface area (Å²) in [4.78, 5) is 14.5. The van der Waals surface area contributed by atoms with Crippen molar-refractivity contribution in [2.45, 2.75) is 57.4 Å². The van der Waals surface area contributed by atoms with Crippen LogP contribution in [0.1, 0.15) is 40.5 Å². The summed E-state index contributed by atoms with van der Waals surface area (Å²) < 4.78 is 11.9. The minimum Gasteiger partial charge on any atom is -0.347 e. The van der Waals surface area contributed by atoms with E-state index in [4.69, 9.17) is 32.7 Å². The number of halogens is 2. The fraction of sp³-hybridized carbons (Fsp3) is 0.786. The molecular weight excluding hydrogens is 327 g/mol. The Bertz CT molecular complexity index is 548. The Morgan fingerprint density at radius 1 is 0.864 bits per heavy atom. The van der Waals surface area contributed by atoms with Crippen LogP contribution in [0.4, 0.5) is 5.95 Å². The van der Waals surface area contributed by atoms with Gasteiger partial charge in [0.15, 0.2) is 5.79 Å². The molecule has 1 aromatic rings. The molecule has 2 aliphatic rings. The summed E-state index contributed by atoms with van der Waals surface area (Å²) in [6.45, 7) is 9.74. The van der Waals surface area contributed by atoms with E-state index in [1.165, 1.54) is 0 Å². The van der Waals surface area contributed by atoms with Gasteiger partial charge in [-0.15, -0.1) is 0 Å². The van der Waals surface area contributed by atoms with Crippen LogP contribution in [-0.2, 0) is 9.47 Å². The Morgan fingerprint density at radius 2 is 1.32 bits per heavy atom. The maximum atomic E-state index is 5.95. The summed E-state index contributed by atoms with van der Waals surface area (Å²) in [5.74, 6) is -0.0581. The second-order valence-electron chi connectivity index (χ2n) is 7.09. The second-order valence-corrected chi connectivity index (χ2v) is 7.77. The fourth-order valence-corrected chi connectivity index (χ4v) is 4.37. The van der Waals surface area contributed by atoms with Crippen LogP contribution in [0.2, 0.25) is 10.6 Å². The zero-order valence-electron chi connectivity index (χ0n) is 13.2. The van der Waals surface area contributed by atoms with E-state index >= 15 is 0 Å². The molecule has 2 saturated heterocycles. The Labute approximate surface area is 140 Å². The Balaban J connectivity index is 2.03. The summed E-state index contributed by atoms with van der Waals surface area (Å²) in [5.41, 5.74) is -0.583. The number of anilines is 1. The highest BCUT2D eigenvalue weighted by Crippen LogP contribution is 2.48. The van der Waals surface area contributed by atoms with Gasteiger partial charge < -0.3 is 14.4 Å². The third kappa shape index (κ3) is 2.77. The molecule has 0 aromatic carbocycles. The topological polar surface area (TPSA) is 60.4 Å². The molecule has 0 bridgehead atoms. The molecule has 0 N–H and O–H groups in total. The van der Waals surface area contributed by atoms with E-state index < -0.39 is 5.79 Å². The lowest BCUT2D eigenvalue weighted by Crippen LogP contribution is -2.66. The van der Waals surface area contributed by atoms with Gasteiger partial charge in [0.25, 0.3) is 0 Å². The zero-order valence-corrected chi connectivity index (χ0v) is 14.7. The zero-order chi connectivity index (χ0) is 16.2. The fourth-order valence-electron chi connectivity index (χ4n) is 4.02. The van der Waals surface area contributed by atoms with Crippen molar-refractivity contribution in [1.82, 2.24) is 15.0 Å². The van der Waals surface area contributed by atoms with Gasteiger partial charge in [0.1, 0.15) is 0 Å². The van der Waals surface area contributed by atoms with Crippen molar-refractivity contribution in [2.75, 3.05) is 18.1 Å². The molecule has 0 amide bonds. The number of nitrogens with zero attached hydrogens (tertiary/aromatic N) is 4. The highest BCUT2D eigenvalue weighted by atomic mass is 35.5. The standard InChI is InChI=1S/C14H20Cl2N4O2/c1-12(2)7-14(21-5-6-22-14)8-13(3,4)20(12)11-18-9(15)17-10(16)19-11/h5-8H2,1-4H3. The van der Waals surface area contributed by atoms with E-state index in [0.29, 0.717) is 32.0 Å². The second kappa shape index (κ2) is 5.16. The minimum absolute atomic E-state index is 0.0928. The average molecular weight is 347 g/mol. The predicted octanol–water partition coefficient (Wildman–Crippen LogP) is 3.08. The third-order valence-electron chi connectivity index (χ3n) is 4.20. The van der Waals surface area contributed by atoms with Crippen molar-refractivity contribution in [3.63, 3.8) is 0 Å². The number of piperidine rings is 1. The number of hydrogen-bond donors (Lipinski definition) is 0. The maximum absolute atomic E-state index is 5.95. The summed E-state index contributed by atoms with van der Waals surface area (Å²) in [6, 6.07) is 0. The molecule has 0 unspecified atom stereocenters. The number of aromatic nitrogens is 3. The number of hydrogen-bond acceptors (Lipinski definition) is 6. The molecule has 6 nitrogen and oxygen atoms in total. The van der Waals surface area contributed by atoms with Crippen molar-refractivity contribution in [3.05, 3.63) is 10.6 Å². The molecule has 0 aliphatic carbocycles. The molecule has 22 heavy (non-hydrogen) atoms. The molecule has 0 radical (unpaired) electrons. The predicted molar refractivity (Wildman–Crippen MR) is 84.4 cm³/mol. The van der Waals surface area contributed by atoms with Crippen LogP contribution in [0.25, 0.3) is 0 Å². The molecule has 1 spiro atoms. The third-order valence-corrected chi connectivity index (χ3v) is 4.54. The monoisotopic (exact) mass is 346 g/mol. The van der Waals surface area contributed by atoms with Gasteiger partial charge in [0.2, 0.25) is 16.5 Å². The molecule has 2 aliphatic heterocycles. The molecule has 1 aromatic heterocycles. The molecule has 3 heterocycles. The first-order valence-corrected chi connectivity index (χ1v) is 8.05. The van der Waals surface area contributed by atoms with Crippen molar-refractivity contribution in [1.29, 1.82) is 0 Å². The number of ether oxygens (including phenoxy) is 2. The van der Waals surface area contributed by atoms with E-state index in [0.717, 1.165) is 0 Å². The lowest BCUT2D eigenvalue weighted by atomic mass is 9.76. The summed E-state index contributed by atoms with van der Waals surface area (Å²) in [5, 5.41) is 0.186. The van der Waals surface area contributed by atoms with Gasteiger partial charge in [0, 0.05) is 23.9 Å². The van der Waals surface area contributed by atoms with Gasteiger partial charge >= 0.3 is 0 Å². The highest BCUT2D eigenvalue weighted by Gasteiger charge is 2.56. The lowest BCUT2D eigenvalue weighted by Gasteiger charge is -2.57. The van der Waals surface area contributed by atoms with Crippen LogP contribution in [0.5, 0.6) is 0 Å². The van der Waals surface area contributed by atoms with E-state index in [9.17, 15) is 0 Å². The van der Waals surface area contributed by atoms with Crippen molar-refractivity contribution < 1.29 is 9.47 Å². The van der Waals surface area contributed by atoms with Gasteiger partial charge in [-0.1, -0.05) is 0 Å². The van der Waals surface area contributed by atoms with Crippen molar-refractivity contribution in [2.24, 2.45) is 0 Å². The summed E-state index contributed by atoms with van der Waals surface area (Å²) in [7, 11) is 0. The minimum atomic E-state index is -0.538. The Kier molecular flexibility index (Phi) is 3.79. The molecule has 3 rings (SSSR count). The molecule has 0 atom stereocenters. The normalized spacial score (nSPS) is 25.6. The first-order valence-electron chi connectivity index (χ1n) is 7.29. The largest absolute Gasteiger partial charge is 0.347 e. The van der Waals surface area contributed by atoms with Gasteiger partial charge in [-0.05, 0) is 50.9 Å². The van der Waals surface area contributed by atoms with Crippen LogP contribution in [0.3, 0.4) is 0 Å². The molecule has 8 heteroatoms. The molecule has 0 saturated carbocycles. The first-order chi connectivity index (χ1) is 10.1. The van der Waals surface area contributed by atoms with Crippen LogP contribution >= 0.6 is 23.2 Å². The van der Waals surface area contributed by atoms with Crippen LogP contribution in [0, 0.1) is 0 Å². The van der Waals surface area contributed by atoms with Gasteiger partial charge in [-0.3, -0.25) is 0 Å². The Hall–Kier alpha value is -0.690. The molecular formula is C14H20Cl2N4O2. The SMILES string of the molecule is CC1(C)CC2(CC(C)(C)N1c1nc(Cl)nc(Cl)n1)OCCO2. The summed E-state index contributed by atoms with van der Waals surface area (Å²) >= 11 is 11.9. The van der Waals surface area contributed by atoms with Gasteiger partial charge in [0.05, 0.1) is 13.2 Å². The van der Waals surface area contributed by atoms with E-state index in [1.807, 2.05) is 0 Å². The van der Waals surface area contributed by atoms with Crippen molar-refractivity contribution in [3.8, 4) is 0 Å². The average Bonchev–Trinajstić information content (AvgIpc) is 2.71. The van der Waals surface area contributed by atoms with Gasteiger partial charge in [-0.2, -0.15) is 15.0 Å². The van der Waals surface area contributed by atoms with E-state index in [2.05, 4.69) is 47.5 Å². The number of rotatable bonds is 1. The van der Waals surface area contributed by atoms with E-state index in [1.54, 1.807) is 0 Å². The van der Waals surface area contributed by atoms with Crippen molar-refractivity contribution >= 4 is 29.2 Å². The maximum Gasteiger partial charge on any atom is 0.231 e. The quantitative estimate of drug-likeness (QED) is 0.778. The molecule has 122 valence electrons. The van der Waals surface area contributed by atoms with Crippen LogP contribution < -0.4 is 4.90 Å². The lowest BCUT2D eigenvalue weighted by molar-refractivity contribution is -0.198. The molecule has 2 fully saturated rings. The van der Waals surface area contributed by atoms with Crippen LogP contribution in [0.15, 0.2) is 0 Å². The van der Waals surface area contributed by atoms with Gasteiger partial charge in [-0.25, -0.2) is 0 Å². The first kappa shape index (κ1) is 16.2. The Morgan fingerprint density at radius 3 is 1.77 bits per heavy atom. The van der Waals surface area contributed by atoms with E-state index in [-0.39, 0.29) is 21.6 Å². The smallest absolute Gasteiger partial charge is 0.231 e. The summed E-state index contributed by atoms with van der Waals surface area (Å²) in [6.07, 6.45) is 1.43. The highest BCUT2D eigenvalue weighted by molar-refractivity contribution is 6.31. The van der Waals surface area contributed by atoms with Crippen LogP contribution in [-0.4, -0.2) is 45.0 Å².